The van der Waals surface area contributed by atoms with Gasteiger partial charge < -0.3 is 14.7 Å². The fourth-order valence-corrected chi connectivity index (χ4v) is 4.42. The Morgan fingerprint density at radius 3 is 2.31 bits per heavy atom. The highest BCUT2D eigenvalue weighted by Crippen LogP contribution is 2.40. The second kappa shape index (κ2) is 9.88. The lowest BCUT2D eigenvalue weighted by atomic mass is 10.0. The van der Waals surface area contributed by atoms with Crippen molar-refractivity contribution in [2.45, 2.75) is 31.3 Å². The Labute approximate surface area is 192 Å². The summed E-state index contributed by atoms with van der Waals surface area (Å²) < 4.78 is 5.80. The van der Waals surface area contributed by atoms with Crippen LogP contribution in [0.2, 0.25) is 5.02 Å². The Hall–Kier alpha value is -3.31. The molecule has 0 unspecified atom stereocenters. The van der Waals surface area contributed by atoms with E-state index in [2.05, 4.69) is 12.1 Å². The number of carboxylic acid groups (broad SMARTS) is 1. The van der Waals surface area contributed by atoms with E-state index in [-0.39, 0.29) is 11.9 Å². The first-order valence-electron chi connectivity index (χ1n) is 10.6. The summed E-state index contributed by atoms with van der Waals surface area (Å²) in [6, 6.07) is 22.9. The van der Waals surface area contributed by atoms with Crippen molar-refractivity contribution < 1.29 is 19.4 Å². The van der Waals surface area contributed by atoms with E-state index < -0.39 is 12.0 Å². The first-order valence-corrected chi connectivity index (χ1v) is 11.0. The zero-order valence-electron chi connectivity index (χ0n) is 17.5. The molecule has 0 aliphatic carbocycles. The third kappa shape index (κ3) is 4.78. The first kappa shape index (κ1) is 21.9. The summed E-state index contributed by atoms with van der Waals surface area (Å²) in [4.78, 5) is 26.7. The number of nitrogens with zero attached hydrogens (tertiary/aromatic N) is 1. The molecule has 0 radical (unpaired) electrons. The van der Waals surface area contributed by atoms with Gasteiger partial charge in [-0.15, -0.1) is 0 Å². The fourth-order valence-electron chi connectivity index (χ4n) is 4.16. The van der Waals surface area contributed by atoms with Crippen LogP contribution in [-0.2, 0) is 11.2 Å². The Balaban J connectivity index is 1.48. The lowest BCUT2D eigenvalue weighted by Crippen LogP contribution is -2.41. The number of carboxylic acids is 1. The highest BCUT2D eigenvalue weighted by Gasteiger charge is 2.42. The lowest BCUT2D eigenvalue weighted by molar-refractivity contribution is -0.141. The molecule has 1 N–H and O–H groups in total. The van der Waals surface area contributed by atoms with Crippen LogP contribution in [0.3, 0.4) is 0 Å². The molecular formula is C26H24ClNO4. The SMILES string of the molecule is O=C(O)[C@@H]1CC[C@H](c2ccccc2Cl)N1C(=O)c1ccc(OCCc2ccccc2)cc1. The van der Waals surface area contributed by atoms with E-state index in [0.29, 0.717) is 35.8 Å². The van der Waals surface area contributed by atoms with Crippen molar-refractivity contribution >= 4 is 23.5 Å². The van der Waals surface area contributed by atoms with Gasteiger partial charge in [0.15, 0.2) is 0 Å². The largest absolute Gasteiger partial charge is 0.493 e. The summed E-state index contributed by atoms with van der Waals surface area (Å²) in [6.45, 7) is 0.527. The highest BCUT2D eigenvalue weighted by atomic mass is 35.5. The Bertz CT molecular complexity index is 1080. The van der Waals surface area contributed by atoms with E-state index in [0.717, 1.165) is 12.0 Å². The molecule has 3 aromatic carbocycles. The van der Waals surface area contributed by atoms with Gasteiger partial charge in [-0.3, -0.25) is 4.79 Å². The number of likely N-dealkylation sites (tertiary alicyclic amines) is 1. The maximum absolute atomic E-state index is 13.3. The number of hydrogen-bond acceptors (Lipinski definition) is 3. The van der Waals surface area contributed by atoms with E-state index in [4.69, 9.17) is 16.3 Å². The molecule has 0 saturated carbocycles. The van der Waals surface area contributed by atoms with Crippen LogP contribution in [0, 0.1) is 0 Å². The van der Waals surface area contributed by atoms with Gasteiger partial charge in [-0.1, -0.05) is 60.1 Å². The molecule has 2 atom stereocenters. The minimum atomic E-state index is -1.01. The van der Waals surface area contributed by atoms with Crippen molar-refractivity contribution in [1.82, 2.24) is 4.90 Å². The van der Waals surface area contributed by atoms with Gasteiger partial charge in [-0.05, 0) is 54.3 Å². The summed E-state index contributed by atoms with van der Waals surface area (Å²) in [7, 11) is 0. The molecule has 4 rings (SSSR count). The molecule has 1 fully saturated rings. The summed E-state index contributed by atoms with van der Waals surface area (Å²) in [5.41, 5.74) is 2.39. The second-order valence-electron chi connectivity index (χ2n) is 7.79. The van der Waals surface area contributed by atoms with Crippen LogP contribution in [0.1, 0.15) is 40.4 Å². The third-order valence-electron chi connectivity index (χ3n) is 5.77. The summed E-state index contributed by atoms with van der Waals surface area (Å²) in [5, 5.41) is 10.2. The number of benzene rings is 3. The van der Waals surface area contributed by atoms with E-state index in [1.54, 1.807) is 30.3 Å². The van der Waals surface area contributed by atoms with Crippen molar-refractivity contribution in [2.75, 3.05) is 6.61 Å². The van der Waals surface area contributed by atoms with E-state index >= 15 is 0 Å². The third-order valence-corrected chi connectivity index (χ3v) is 6.12. The maximum Gasteiger partial charge on any atom is 0.326 e. The average Bonchev–Trinajstić information content (AvgIpc) is 3.25. The van der Waals surface area contributed by atoms with E-state index in [1.807, 2.05) is 36.4 Å². The van der Waals surface area contributed by atoms with Crippen LogP contribution in [0.25, 0.3) is 0 Å². The molecule has 0 bridgehead atoms. The van der Waals surface area contributed by atoms with Crippen LogP contribution < -0.4 is 4.74 Å². The number of aliphatic carboxylic acids is 1. The Morgan fingerprint density at radius 2 is 1.62 bits per heavy atom. The molecule has 0 spiro atoms. The maximum atomic E-state index is 13.3. The quantitative estimate of drug-likeness (QED) is 0.525. The number of rotatable bonds is 7. The molecule has 1 amide bonds. The van der Waals surface area contributed by atoms with Gasteiger partial charge >= 0.3 is 5.97 Å². The molecule has 3 aromatic rings. The molecule has 164 valence electrons. The van der Waals surface area contributed by atoms with Crippen molar-refractivity contribution in [1.29, 1.82) is 0 Å². The van der Waals surface area contributed by atoms with Gasteiger partial charge in [0.1, 0.15) is 11.8 Å². The van der Waals surface area contributed by atoms with Gasteiger partial charge in [0, 0.05) is 17.0 Å². The number of carbonyl (C=O) groups excluding carboxylic acids is 1. The number of amides is 1. The molecule has 5 nitrogen and oxygen atoms in total. The monoisotopic (exact) mass is 449 g/mol. The van der Waals surface area contributed by atoms with Gasteiger partial charge in [-0.25, -0.2) is 4.79 Å². The number of halogens is 1. The standard InChI is InChI=1S/C26H24ClNO4/c27-22-9-5-4-8-21(22)23-14-15-24(26(30)31)28(23)25(29)19-10-12-20(13-11-19)32-17-16-18-6-2-1-3-7-18/h1-13,23-24H,14-17H2,(H,30,31)/t23-,24+/m1/s1. The zero-order valence-corrected chi connectivity index (χ0v) is 18.2. The van der Waals surface area contributed by atoms with Crippen molar-refractivity contribution in [3.05, 3.63) is 101 Å². The molecule has 6 heteroatoms. The van der Waals surface area contributed by atoms with Crippen molar-refractivity contribution in [3.8, 4) is 5.75 Å². The van der Waals surface area contributed by atoms with Crippen LogP contribution in [0.5, 0.6) is 5.75 Å². The predicted octanol–water partition coefficient (Wildman–Crippen LogP) is 5.39. The molecule has 0 aromatic heterocycles. The molecular weight excluding hydrogens is 426 g/mol. The predicted molar refractivity (Wildman–Crippen MR) is 123 cm³/mol. The van der Waals surface area contributed by atoms with Gasteiger partial charge in [0.25, 0.3) is 5.91 Å². The zero-order chi connectivity index (χ0) is 22.5. The summed E-state index contributed by atoms with van der Waals surface area (Å²) in [5.74, 6) is -0.666. The minimum absolute atomic E-state index is 0.323. The molecule has 1 heterocycles. The Kier molecular flexibility index (Phi) is 6.76. The van der Waals surface area contributed by atoms with Gasteiger partial charge in [-0.2, -0.15) is 0 Å². The number of ether oxygens (including phenoxy) is 1. The van der Waals surface area contributed by atoms with Crippen LogP contribution in [0.15, 0.2) is 78.9 Å². The molecule has 1 aliphatic rings. The normalized spacial score (nSPS) is 17.8. The van der Waals surface area contributed by atoms with E-state index in [9.17, 15) is 14.7 Å². The Morgan fingerprint density at radius 1 is 0.938 bits per heavy atom. The number of carbonyl (C=O) groups is 2. The highest BCUT2D eigenvalue weighted by molar-refractivity contribution is 6.31. The van der Waals surface area contributed by atoms with E-state index in [1.165, 1.54) is 10.5 Å². The van der Waals surface area contributed by atoms with Crippen LogP contribution in [-0.4, -0.2) is 34.5 Å². The fraction of sp³-hybridized carbons (Fsp3) is 0.231. The molecule has 32 heavy (non-hydrogen) atoms. The lowest BCUT2D eigenvalue weighted by Gasteiger charge is -2.29. The molecule has 1 aliphatic heterocycles. The summed E-state index contributed by atoms with van der Waals surface area (Å²) in [6.07, 6.45) is 1.72. The van der Waals surface area contributed by atoms with Crippen molar-refractivity contribution in [3.63, 3.8) is 0 Å². The van der Waals surface area contributed by atoms with Gasteiger partial charge in [0.05, 0.1) is 12.6 Å². The molecule has 1 saturated heterocycles. The second-order valence-corrected chi connectivity index (χ2v) is 8.20. The van der Waals surface area contributed by atoms with Gasteiger partial charge in [0.2, 0.25) is 0 Å². The van der Waals surface area contributed by atoms with Crippen LogP contribution >= 0.6 is 11.6 Å². The topological polar surface area (TPSA) is 66.8 Å². The number of hydrogen-bond donors (Lipinski definition) is 1. The van der Waals surface area contributed by atoms with Crippen molar-refractivity contribution in [2.24, 2.45) is 0 Å². The first-order chi connectivity index (χ1) is 15.5. The minimum Gasteiger partial charge on any atom is -0.493 e. The smallest absolute Gasteiger partial charge is 0.326 e. The average molecular weight is 450 g/mol. The van der Waals surface area contributed by atoms with Crippen LogP contribution in [0.4, 0.5) is 0 Å². The summed E-state index contributed by atoms with van der Waals surface area (Å²) >= 11 is 6.36.